The van der Waals surface area contributed by atoms with E-state index in [-0.39, 0.29) is 5.91 Å². The lowest BCUT2D eigenvalue weighted by molar-refractivity contribution is 0.0317. The zero-order valence-electron chi connectivity index (χ0n) is 12.8. The highest BCUT2D eigenvalue weighted by atomic mass is 16.5. The number of hydrogen-bond donors (Lipinski definition) is 2. The third-order valence-electron chi connectivity index (χ3n) is 3.97. The Bertz CT molecular complexity index is 634. The van der Waals surface area contributed by atoms with E-state index in [0.717, 1.165) is 43.9 Å². The SMILES string of the molecule is CC(CNC(=O)c1ccc2nc[nH]c2c1)CN1CCOCC1. The van der Waals surface area contributed by atoms with E-state index in [9.17, 15) is 4.79 Å². The van der Waals surface area contributed by atoms with E-state index in [1.54, 1.807) is 6.33 Å². The van der Waals surface area contributed by atoms with Gasteiger partial charge in [0.1, 0.15) is 0 Å². The first-order chi connectivity index (χ1) is 10.7. The lowest BCUT2D eigenvalue weighted by atomic mass is 10.1. The van der Waals surface area contributed by atoms with Gasteiger partial charge in [0.15, 0.2) is 0 Å². The maximum absolute atomic E-state index is 12.2. The van der Waals surface area contributed by atoms with Crippen molar-refractivity contribution in [2.24, 2.45) is 5.92 Å². The highest BCUT2D eigenvalue weighted by molar-refractivity contribution is 5.97. The molecule has 0 radical (unpaired) electrons. The van der Waals surface area contributed by atoms with E-state index in [0.29, 0.717) is 18.0 Å². The van der Waals surface area contributed by atoms with E-state index in [1.165, 1.54) is 0 Å². The van der Waals surface area contributed by atoms with Gasteiger partial charge in [-0.05, 0) is 24.1 Å². The molecule has 6 heteroatoms. The summed E-state index contributed by atoms with van der Waals surface area (Å²) in [4.78, 5) is 21.8. The van der Waals surface area contributed by atoms with Gasteiger partial charge >= 0.3 is 0 Å². The van der Waals surface area contributed by atoms with Crippen molar-refractivity contribution in [1.82, 2.24) is 20.2 Å². The summed E-state index contributed by atoms with van der Waals surface area (Å²) in [6.07, 6.45) is 1.64. The van der Waals surface area contributed by atoms with Crippen LogP contribution in [0.2, 0.25) is 0 Å². The van der Waals surface area contributed by atoms with Gasteiger partial charge in [-0.15, -0.1) is 0 Å². The molecule has 1 aliphatic heterocycles. The van der Waals surface area contributed by atoms with E-state index in [4.69, 9.17) is 4.74 Å². The van der Waals surface area contributed by atoms with Crippen LogP contribution in [-0.2, 0) is 4.74 Å². The van der Waals surface area contributed by atoms with E-state index in [2.05, 4.69) is 27.1 Å². The molecule has 1 aromatic carbocycles. The summed E-state index contributed by atoms with van der Waals surface area (Å²) in [6.45, 7) is 7.41. The van der Waals surface area contributed by atoms with Gasteiger partial charge in [0.05, 0.1) is 30.6 Å². The monoisotopic (exact) mass is 302 g/mol. The largest absolute Gasteiger partial charge is 0.379 e. The Morgan fingerprint density at radius 1 is 1.45 bits per heavy atom. The first-order valence-corrected chi connectivity index (χ1v) is 7.74. The van der Waals surface area contributed by atoms with Crippen LogP contribution >= 0.6 is 0 Å². The molecule has 2 N–H and O–H groups in total. The second-order valence-corrected chi connectivity index (χ2v) is 5.86. The first-order valence-electron chi connectivity index (χ1n) is 7.74. The Balaban J connectivity index is 1.50. The number of imidazole rings is 1. The van der Waals surface area contributed by atoms with Crippen molar-refractivity contribution in [3.05, 3.63) is 30.1 Å². The highest BCUT2D eigenvalue weighted by Gasteiger charge is 2.15. The lowest BCUT2D eigenvalue weighted by Crippen LogP contribution is -2.41. The molecule has 2 aromatic rings. The zero-order chi connectivity index (χ0) is 15.4. The number of carbonyl (C=O) groups excluding carboxylic acids is 1. The molecular weight excluding hydrogens is 280 g/mol. The van der Waals surface area contributed by atoms with Crippen molar-refractivity contribution in [2.75, 3.05) is 39.4 Å². The van der Waals surface area contributed by atoms with Crippen LogP contribution in [0.25, 0.3) is 11.0 Å². The number of benzene rings is 1. The molecular formula is C16H22N4O2. The molecule has 0 spiro atoms. The predicted molar refractivity (Wildman–Crippen MR) is 84.8 cm³/mol. The summed E-state index contributed by atoms with van der Waals surface area (Å²) in [5.74, 6) is 0.378. The Morgan fingerprint density at radius 3 is 3.09 bits per heavy atom. The molecule has 1 fully saturated rings. The maximum atomic E-state index is 12.2. The van der Waals surface area contributed by atoms with Crippen molar-refractivity contribution >= 4 is 16.9 Å². The normalized spacial score (nSPS) is 17.5. The molecule has 1 atom stereocenters. The lowest BCUT2D eigenvalue weighted by Gasteiger charge is -2.29. The molecule has 0 bridgehead atoms. The molecule has 1 aliphatic rings. The number of carbonyl (C=O) groups is 1. The average molecular weight is 302 g/mol. The minimum Gasteiger partial charge on any atom is -0.379 e. The molecule has 1 unspecified atom stereocenters. The van der Waals surface area contributed by atoms with Gasteiger partial charge in [0, 0.05) is 31.7 Å². The topological polar surface area (TPSA) is 70.2 Å². The Hall–Kier alpha value is -1.92. The van der Waals surface area contributed by atoms with Crippen molar-refractivity contribution < 1.29 is 9.53 Å². The van der Waals surface area contributed by atoms with E-state index < -0.39 is 0 Å². The minimum atomic E-state index is -0.0367. The van der Waals surface area contributed by atoms with Crippen LogP contribution in [0.15, 0.2) is 24.5 Å². The Morgan fingerprint density at radius 2 is 2.27 bits per heavy atom. The van der Waals surface area contributed by atoms with Crippen LogP contribution in [0, 0.1) is 5.92 Å². The van der Waals surface area contributed by atoms with Crippen LogP contribution in [0.3, 0.4) is 0 Å². The number of nitrogens with one attached hydrogen (secondary N) is 2. The van der Waals surface area contributed by atoms with Gasteiger partial charge in [0.25, 0.3) is 5.91 Å². The second-order valence-electron chi connectivity index (χ2n) is 5.86. The van der Waals surface area contributed by atoms with Gasteiger partial charge in [-0.3, -0.25) is 9.69 Å². The molecule has 2 heterocycles. The molecule has 0 aliphatic carbocycles. The quantitative estimate of drug-likeness (QED) is 0.872. The number of rotatable bonds is 5. The average Bonchev–Trinajstić information content (AvgIpc) is 3.01. The molecule has 1 amide bonds. The number of nitrogens with zero attached hydrogens (tertiary/aromatic N) is 2. The fraction of sp³-hybridized carbons (Fsp3) is 0.500. The molecule has 0 saturated carbocycles. The molecule has 1 aromatic heterocycles. The smallest absolute Gasteiger partial charge is 0.251 e. The number of hydrogen-bond acceptors (Lipinski definition) is 4. The summed E-state index contributed by atoms with van der Waals surface area (Å²) in [5, 5.41) is 3.01. The fourth-order valence-corrected chi connectivity index (χ4v) is 2.73. The first kappa shape index (κ1) is 15.0. The van der Waals surface area contributed by atoms with E-state index in [1.807, 2.05) is 18.2 Å². The predicted octanol–water partition coefficient (Wildman–Crippen LogP) is 1.26. The number of ether oxygens (including phenoxy) is 1. The van der Waals surface area contributed by atoms with Crippen molar-refractivity contribution in [3.8, 4) is 0 Å². The van der Waals surface area contributed by atoms with Gasteiger partial charge < -0.3 is 15.0 Å². The van der Waals surface area contributed by atoms with Crippen molar-refractivity contribution in [3.63, 3.8) is 0 Å². The van der Waals surface area contributed by atoms with Crippen molar-refractivity contribution in [1.29, 1.82) is 0 Å². The van der Waals surface area contributed by atoms with Crippen molar-refractivity contribution in [2.45, 2.75) is 6.92 Å². The van der Waals surface area contributed by atoms with Crippen LogP contribution in [0.5, 0.6) is 0 Å². The Labute approximate surface area is 129 Å². The standard InChI is InChI=1S/C16H22N4O2/c1-12(10-20-4-6-22-7-5-20)9-17-16(21)13-2-3-14-15(8-13)19-11-18-14/h2-3,8,11-12H,4-7,9-10H2,1H3,(H,17,21)(H,18,19). The number of amides is 1. The molecule has 1 saturated heterocycles. The van der Waals surface area contributed by atoms with Crippen LogP contribution in [0.4, 0.5) is 0 Å². The van der Waals surface area contributed by atoms with Crippen LogP contribution in [-0.4, -0.2) is 60.2 Å². The highest BCUT2D eigenvalue weighted by Crippen LogP contribution is 2.11. The number of aromatic amines is 1. The summed E-state index contributed by atoms with van der Waals surface area (Å²) >= 11 is 0. The fourth-order valence-electron chi connectivity index (χ4n) is 2.73. The van der Waals surface area contributed by atoms with Gasteiger partial charge in [-0.1, -0.05) is 6.92 Å². The minimum absolute atomic E-state index is 0.0367. The summed E-state index contributed by atoms with van der Waals surface area (Å²) < 4.78 is 5.35. The molecule has 3 rings (SSSR count). The molecule has 118 valence electrons. The van der Waals surface area contributed by atoms with Gasteiger partial charge in [-0.25, -0.2) is 4.98 Å². The third-order valence-corrected chi connectivity index (χ3v) is 3.97. The number of fused-ring (bicyclic) bond motifs is 1. The second kappa shape index (κ2) is 6.89. The third kappa shape index (κ3) is 3.64. The number of H-pyrrole nitrogens is 1. The summed E-state index contributed by atoms with van der Waals surface area (Å²) in [6, 6.07) is 5.51. The zero-order valence-corrected chi connectivity index (χ0v) is 12.8. The molecule has 22 heavy (non-hydrogen) atoms. The van der Waals surface area contributed by atoms with Crippen LogP contribution in [0.1, 0.15) is 17.3 Å². The number of aromatic nitrogens is 2. The molecule has 6 nitrogen and oxygen atoms in total. The summed E-state index contributed by atoms with van der Waals surface area (Å²) in [5.41, 5.74) is 2.42. The van der Waals surface area contributed by atoms with E-state index >= 15 is 0 Å². The van der Waals surface area contributed by atoms with Gasteiger partial charge in [0.2, 0.25) is 0 Å². The maximum Gasteiger partial charge on any atom is 0.251 e. The van der Waals surface area contributed by atoms with Crippen LogP contribution < -0.4 is 5.32 Å². The number of morpholine rings is 1. The summed E-state index contributed by atoms with van der Waals surface area (Å²) in [7, 11) is 0. The van der Waals surface area contributed by atoms with Gasteiger partial charge in [-0.2, -0.15) is 0 Å². The Kier molecular flexibility index (Phi) is 4.70.